The van der Waals surface area contributed by atoms with Crippen LogP contribution >= 0.6 is 0 Å². The number of hydrogen-bond acceptors (Lipinski definition) is 4. The van der Waals surface area contributed by atoms with Gasteiger partial charge < -0.3 is 10.3 Å². The maximum Gasteiger partial charge on any atom is 0.229 e. The summed E-state index contributed by atoms with van der Waals surface area (Å²) in [6.45, 7) is 6.55. The Morgan fingerprint density at radius 1 is 1.56 bits per heavy atom. The van der Waals surface area contributed by atoms with Crippen LogP contribution in [0.3, 0.4) is 0 Å². The molecule has 4 heteroatoms. The van der Waals surface area contributed by atoms with Crippen molar-refractivity contribution in [2.24, 2.45) is 11.7 Å². The Bertz CT molecular complexity index is 390. The average molecular weight is 251 g/mol. The second-order valence-corrected chi connectivity index (χ2v) is 6.00. The first-order chi connectivity index (χ1) is 8.55. The molecule has 0 aliphatic heterocycles. The van der Waals surface area contributed by atoms with Gasteiger partial charge in [-0.2, -0.15) is 4.98 Å². The van der Waals surface area contributed by atoms with Gasteiger partial charge in [-0.05, 0) is 25.2 Å². The van der Waals surface area contributed by atoms with Crippen LogP contribution in [-0.4, -0.2) is 10.1 Å². The minimum absolute atomic E-state index is 0.334. The Balaban J connectivity index is 2.13. The number of rotatable bonds is 4. The summed E-state index contributed by atoms with van der Waals surface area (Å²) < 4.78 is 5.39. The van der Waals surface area contributed by atoms with Crippen molar-refractivity contribution in [3.63, 3.8) is 0 Å². The van der Waals surface area contributed by atoms with Gasteiger partial charge in [0.05, 0.1) is 5.54 Å². The first-order valence-corrected chi connectivity index (χ1v) is 7.18. The van der Waals surface area contributed by atoms with Gasteiger partial charge >= 0.3 is 0 Å². The highest BCUT2D eigenvalue weighted by Gasteiger charge is 2.37. The first-order valence-electron chi connectivity index (χ1n) is 7.18. The molecule has 0 amide bonds. The number of hydrogen-bond donors (Lipinski definition) is 1. The van der Waals surface area contributed by atoms with Crippen molar-refractivity contribution in [3.05, 3.63) is 11.7 Å². The highest BCUT2D eigenvalue weighted by molar-refractivity contribution is 5.07. The molecule has 1 aliphatic rings. The SMILES string of the molecule is CCCC(C)c1nc(C2(N)CCCC(C)C2)no1. The molecule has 1 heterocycles. The molecule has 1 saturated carbocycles. The molecule has 102 valence electrons. The molecule has 0 aromatic carbocycles. The Hall–Kier alpha value is -0.900. The van der Waals surface area contributed by atoms with E-state index < -0.39 is 0 Å². The average Bonchev–Trinajstić information content (AvgIpc) is 2.79. The molecule has 18 heavy (non-hydrogen) atoms. The van der Waals surface area contributed by atoms with Crippen LogP contribution in [0.1, 0.15) is 76.9 Å². The summed E-state index contributed by atoms with van der Waals surface area (Å²) in [4.78, 5) is 4.56. The van der Waals surface area contributed by atoms with Crippen molar-refractivity contribution in [3.8, 4) is 0 Å². The van der Waals surface area contributed by atoms with E-state index >= 15 is 0 Å². The lowest BCUT2D eigenvalue weighted by atomic mass is 9.76. The second-order valence-electron chi connectivity index (χ2n) is 6.00. The van der Waals surface area contributed by atoms with Crippen LogP contribution in [-0.2, 0) is 5.54 Å². The second kappa shape index (κ2) is 5.39. The maximum absolute atomic E-state index is 6.47. The Morgan fingerprint density at radius 3 is 3.00 bits per heavy atom. The molecule has 3 atom stereocenters. The van der Waals surface area contributed by atoms with Crippen LogP contribution in [0.5, 0.6) is 0 Å². The van der Waals surface area contributed by atoms with Gasteiger partial charge in [-0.1, -0.05) is 45.2 Å². The third-order valence-corrected chi connectivity index (χ3v) is 4.06. The number of aromatic nitrogens is 2. The van der Waals surface area contributed by atoms with E-state index in [2.05, 4.69) is 30.9 Å². The van der Waals surface area contributed by atoms with Gasteiger partial charge in [0, 0.05) is 5.92 Å². The van der Waals surface area contributed by atoms with Crippen LogP contribution in [0, 0.1) is 5.92 Å². The molecule has 0 spiro atoms. The zero-order valence-corrected chi connectivity index (χ0v) is 11.8. The first kappa shape index (κ1) is 13.5. The molecular weight excluding hydrogens is 226 g/mol. The van der Waals surface area contributed by atoms with Crippen LogP contribution < -0.4 is 5.73 Å². The summed E-state index contributed by atoms with van der Waals surface area (Å²) in [7, 11) is 0. The molecule has 4 nitrogen and oxygen atoms in total. The third-order valence-electron chi connectivity index (χ3n) is 4.06. The number of nitrogens with zero attached hydrogens (tertiary/aromatic N) is 2. The zero-order valence-electron chi connectivity index (χ0n) is 11.8. The number of nitrogens with two attached hydrogens (primary N) is 1. The lowest BCUT2D eigenvalue weighted by Gasteiger charge is -2.33. The van der Waals surface area contributed by atoms with Crippen LogP contribution in [0.25, 0.3) is 0 Å². The molecular formula is C14H25N3O. The van der Waals surface area contributed by atoms with Gasteiger partial charge in [-0.25, -0.2) is 0 Å². The van der Waals surface area contributed by atoms with E-state index in [1.54, 1.807) is 0 Å². The molecule has 1 aliphatic carbocycles. The van der Waals surface area contributed by atoms with Crippen molar-refractivity contribution in [1.29, 1.82) is 0 Å². The van der Waals surface area contributed by atoms with E-state index in [0.717, 1.165) is 38.0 Å². The van der Waals surface area contributed by atoms with Gasteiger partial charge in [0.25, 0.3) is 0 Å². The lowest BCUT2D eigenvalue weighted by Crippen LogP contribution is -2.42. The molecule has 2 N–H and O–H groups in total. The van der Waals surface area contributed by atoms with Crippen molar-refractivity contribution >= 4 is 0 Å². The van der Waals surface area contributed by atoms with Gasteiger partial charge in [0.15, 0.2) is 5.82 Å². The lowest BCUT2D eigenvalue weighted by molar-refractivity contribution is 0.221. The van der Waals surface area contributed by atoms with Crippen molar-refractivity contribution in [2.45, 2.75) is 70.8 Å². The largest absolute Gasteiger partial charge is 0.339 e. The molecule has 0 saturated heterocycles. The van der Waals surface area contributed by atoms with Crippen molar-refractivity contribution in [1.82, 2.24) is 10.1 Å². The molecule has 0 radical (unpaired) electrons. The van der Waals surface area contributed by atoms with Crippen LogP contribution in [0.4, 0.5) is 0 Å². The summed E-state index contributed by atoms with van der Waals surface area (Å²) in [5.74, 6) is 2.45. The highest BCUT2D eigenvalue weighted by Crippen LogP contribution is 2.36. The smallest absolute Gasteiger partial charge is 0.229 e. The van der Waals surface area contributed by atoms with E-state index in [9.17, 15) is 0 Å². The maximum atomic E-state index is 6.47. The fourth-order valence-electron chi connectivity index (χ4n) is 2.99. The fraction of sp³-hybridized carbons (Fsp3) is 0.857. The Morgan fingerprint density at radius 2 is 2.33 bits per heavy atom. The summed E-state index contributed by atoms with van der Waals surface area (Å²) in [5.41, 5.74) is 6.10. The molecule has 3 unspecified atom stereocenters. The standard InChI is InChI=1S/C14H25N3O/c1-4-6-11(3)12-16-13(17-18-12)14(15)8-5-7-10(2)9-14/h10-11H,4-9,15H2,1-3H3. The quantitative estimate of drug-likeness (QED) is 0.891. The van der Waals surface area contributed by atoms with Gasteiger partial charge in [0.2, 0.25) is 5.89 Å². The van der Waals surface area contributed by atoms with Gasteiger partial charge in [-0.3, -0.25) is 0 Å². The Kier molecular flexibility index (Phi) is 4.05. The summed E-state index contributed by atoms with van der Waals surface area (Å²) in [6.07, 6.45) is 6.56. The molecule has 1 aromatic rings. The van der Waals surface area contributed by atoms with Gasteiger partial charge in [0.1, 0.15) is 0 Å². The monoisotopic (exact) mass is 251 g/mol. The van der Waals surface area contributed by atoms with Crippen molar-refractivity contribution < 1.29 is 4.52 Å². The van der Waals surface area contributed by atoms with E-state index in [4.69, 9.17) is 10.3 Å². The normalized spacial score (nSPS) is 30.3. The topological polar surface area (TPSA) is 64.9 Å². The highest BCUT2D eigenvalue weighted by atomic mass is 16.5. The van der Waals surface area contributed by atoms with E-state index in [-0.39, 0.29) is 5.54 Å². The van der Waals surface area contributed by atoms with Gasteiger partial charge in [-0.15, -0.1) is 0 Å². The Labute approximate surface area is 109 Å². The van der Waals surface area contributed by atoms with Crippen LogP contribution in [0.2, 0.25) is 0 Å². The third kappa shape index (κ3) is 2.74. The predicted molar refractivity (Wildman–Crippen MR) is 71.1 cm³/mol. The molecule has 0 bridgehead atoms. The van der Waals surface area contributed by atoms with Crippen LogP contribution in [0.15, 0.2) is 4.52 Å². The van der Waals surface area contributed by atoms with E-state index in [0.29, 0.717) is 17.7 Å². The molecule has 2 rings (SSSR count). The summed E-state index contributed by atoms with van der Waals surface area (Å²) in [6, 6.07) is 0. The van der Waals surface area contributed by atoms with Crippen molar-refractivity contribution in [2.75, 3.05) is 0 Å². The zero-order chi connectivity index (χ0) is 13.2. The fourth-order valence-corrected chi connectivity index (χ4v) is 2.99. The molecule has 1 fully saturated rings. The molecule has 1 aromatic heterocycles. The van der Waals surface area contributed by atoms with E-state index in [1.165, 1.54) is 6.42 Å². The minimum atomic E-state index is -0.370. The minimum Gasteiger partial charge on any atom is -0.339 e. The summed E-state index contributed by atoms with van der Waals surface area (Å²) in [5, 5.41) is 4.14. The predicted octanol–water partition coefficient (Wildman–Crippen LogP) is 3.34. The van der Waals surface area contributed by atoms with E-state index in [1.807, 2.05) is 0 Å². The summed E-state index contributed by atoms with van der Waals surface area (Å²) >= 11 is 0.